The molecule has 1 unspecified atom stereocenters. The predicted octanol–water partition coefficient (Wildman–Crippen LogP) is -0.266. The number of rotatable bonds is 4. The van der Waals surface area contributed by atoms with Crippen molar-refractivity contribution in [2.75, 3.05) is 5.32 Å². The van der Waals surface area contributed by atoms with Gasteiger partial charge in [-0.25, -0.2) is 13.1 Å². The molecule has 0 saturated carbocycles. The molecule has 10 heteroatoms. The second kappa shape index (κ2) is 4.90. The van der Waals surface area contributed by atoms with Crippen LogP contribution < -0.4 is 10.0 Å². The summed E-state index contributed by atoms with van der Waals surface area (Å²) in [6.07, 6.45) is 0.180. The summed E-state index contributed by atoms with van der Waals surface area (Å²) in [5, 5.41) is 15.8. The first-order chi connectivity index (χ1) is 9.95. The minimum atomic E-state index is -3.74. The minimum Gasteiger partial charge on any atom is -0.326 e. The van der Waals surface area contributed by atoms with Gasteiger partial charge in [0.05, 0.1) is 17.4 Å². The van der Waals surface area contributed by atoms with Gasteiger partial charge in [0.1, 0.15) is 0 Å². The van der Waals surface area contributed by atoms with E-state index in [2.05, 4.69) is 30.7 Å². The van der Waals surface area contributed by atoms with Gasteiger partial charge in [-0.2, -0.15) is 5.21 Å². The zero-order valence-electron chi connectivity index (χ0n) is 11.0. The van der Waals surface area contributed by atoms with Crippen molar-refractivity contribution < 1.29 is 13.2 Å². The zero-order valence-corrected chi connectivity index (χ0v) is 11.8. The molecule has 1 aromatic heterocycles. The maximum atomic E-state index is 12.3. The third-order valence-electron chi connectivity index (χ3n) is 3.09. The van der Waals surface area contributed by atoms with E-state index >= 15 is 0 Å². The lowest BCUT2D eigenvalue weighted by Gasteiger charge is -2.11. The summed E-state index contributed by atoms with van der Waals surface area (Å²) in [5.74, 6) is 0.101. The molecule has 0 saturated heterocycles. The largest absolute Gasteiger partial charge is 0.326 e. The van der Waals surface area contributed by atoms with E-state index in [0.29, 0.717) is 11.3 Å². The Kier molecular flexibility index (Phi) is 3.18. The second-order valence-electron chi connectivity index (χ2n) is 4.66. The summed E-state index contributed by atoms with van der Waals surface area (Å²) in [6, 6.07) is 3.88. The van der Waals surface area contributed by atoms with Gasteiger partial charge in [-0.15, -0.1) is 10.2 Å². The minimum absolute atomic E-state index is 0.0908. The van der Waals surface area contributed by atoms with E-state index in [1.165, 1.54) is 12.1 Å². The van der Waals surface area contributed by atoms with Crippen LogP contribution in [0.2, 0.25) is 0 Å². The number of aromatic amines is 1. The lowest BCUT2D eigenvalue weighted by molar-refractivity contribution is -0.115. The van der Waals surface area contributed by atoms with Crippen molar-refractivity contribution >= 4 is 21.6 Å². The number of benzene rings is 1. The number of sulfonamides is 1. The Morgan fingerprint density at radius 3 is 2.90 bits per heavy atom. The van der Waals surface area contributed by atoms with E-state index in [-0.39, 0.29) is 23.0 Å². The molecular formula is C11H12N6O3S. The highest BCUT2D eigenvalue weighted by atomic mass is 32.2. The third kappa shape index (κ3) is 2.62. The standard InChI is InChI=1S/C11H12N6O3S/c1-6(11-13-16-17-14-11)15-21(19,20)8-2-3-9-7(4-8)5-10(18)12-9/h2-4,6,15H,5H2,1H3,(H,12,18)(H,13,14,16,17). The first-order valence-electron chi connectivity index (χ1n) is 6.14. The number of aromatic nitrogens is 4. The Morgan fingerprint density at radius 1 is 1.38 bits per heavy atom. The van der Waals surface area contributed by atoms with Crippen LogP contribution in [0.25, 0.3) is 0 Å². The molecule has 1 aliphatic rings. The van der Waals surface area contributed by atoms with Crippen LogP contribution in [0.1, 0.15) is 24.4 Å². The molecule has 1 amide bonds. The monoisotopic (exact) mass is 308 g/mol. The number of carbonyl (C=O) groups excluding carboxylic acids is 1. The van der Waals surface area contributed by atoms with E-state index in [9.17, 15) is 13.2 Å². The van der Waals surface area contributed by atoms with Crippen molar-refractivity contribution in [2.45, 2.75) is 24.3 Å². The Morgan fingerprint density at radius 2 is 2.19 bits per heavy atom. The van der Waals surface area contributed by atoms with Crippen LogP contribution in [0.3, 0.4) is 0 Å². The summed E-state index contributed by atoms with van der Waals surface area (Å²) in [5.41, 5.74) is 1.31. The molecule has 1 atom stereocenters. The summed E-state index contributed by atoms with van der Waals surface area (Å²) in [4.78, 5) is 11.4. The first kappa shape index (κ1) is 13.6. The van der Waals surface area contributed by atoms with Crippen molar-refractivity contribution in [1.82, 2.24) is 25.3 Å². The lowest BCUT2D eigenvalue weighted by atomic mass is 10.2. The van der Waals surface area contributed by atoms with Crippen LogP contribution in [0.15, 0.2) is 23.1 Å². The molecule has 1 aliphatic heterocycles. The van der Waals surface area contributed by atoms with Gasteiger partial charge in [-0.3, -0.25) is 4.79 Å². The Balaban J connectivity index is 1.86. The molecule has 21 heavy (non-hydrogen) atoms. The molecule has 3 rings (SSSR count). The molecule has 2 heterocycles. The van der Waals surface area contributed by atoms with Gasteiger partial charge in [0, 0.05) is 5.69 Å². The maximum Gasteiger partial charge on any atom is 0.241 e. The number of nitrogens with zero attached hydrogens (tertiary/aromatic N) is 3. The summed E-state index contributed by atoms with van der Waals surface area (Å²) < 4.78 is 27.1. The summed E-state index contributed by atoms with van der Waals surface area (Å²) in [7, 11) is -3.74. The summed E-state index contributed by atoms with van der Waals surface area (Å²) in [6.45, 7) is 1.61. The van der Waals surface area contributed by atoms with E-state index in [4.69, 9.17) is 0 Å². The van der Waals surface area contributed by atoms with Crippen molar-refractivity contribution in [3.8, 4) is 0 Å². The van der Waals surface area contributed by atoms with Crippen LogP contribution in [-0.4, -0.2) is 34.9 Å². The normalized spacial score (nSPS) is 15.6. The molecule has 9 nitrogen and oxygen atoms in total. The predicted molar refractivity (Wildman–Crippen MR) is 71.7 cm³/mol. The molecule has 3 N–H and O–H groups in total. The maximum absolute atomic E-state index is 12.3. The number of hydrogen-bond acceptors (Lipinski definition) is 6. The van der Waals surface area contributed by atoms with Crippen LogP contribution in [0, 0.1) is 0 Å². The van der Waals surface area contributed by atoms with Crippen LogP contribution >= 0.6 is 0 Å². The number of nitrogens with one attached hydrogen (secondary N) is 3. The fourth-order valence-electron chi connectivity index (χ4n) is 2.08. The third-order valence-corrected chi connectivity index (χ3v) is 4.63. The number of amides is 1. The fraction of sp³-hybridized carbons (Fsp3) is 0.273. The molecule has 110 valence electrons. The van der Waals surface area contributed by atoms with Gasteiger partial charge in [0.2, 0.25) is 15.9 Å². The number of anilines is 1. The highest BCUT2D eigenvalue weighted by Crippen LogP contribution is 2.26. The molecule has 0 fully saturated rings. The van der Waals surface area contributed by atoms with Crippen LogP contribution in [0.4, 0.5) is 5.69 Å². The van der Waals surface area contributed by atoms with E-state index in [1.807, 2.05) is 0 Å². The number of fused-ring (bicyclic) bond motifs is 1. The van der Waals surface area contributed by atoms with Gasteiger partial charge in [0.25, 0.3) is 0 Å². The van der Waals surface area contributed by atoms with Gasteiger partial charge in [0.15, 0.2) is 5.82 Å². The second-order valence-corrected chi connectivity index (χ2v) is 6.37. The van der Waals surface area contributed by atoms with Gasteiger partial charge in [-0.05, 0) is 30.7 Å². The molecule has 1 aromatic carbocycles. The number of H-pyrrole nitrogens is 1. The van der Waals surface area contributed by atoms with Gasteiger partial charge >= 0.3 is 0 Å². The average Bonchev–Trinajstić information content (AvgIpc) is 3.04. The van der Waals surface area contributed by atoms with E-state index in [0.717, 1.165) is 0 Å². The number of tetrazole rings is 1. The van der Waals surface area contributed by atoms with Crippen molar-refractivity contribution in [1.29, 1.82) is 0 Å². The molecule has 0 spiro atoms. The van der Waals surface area contributed by atoms with Crippen LogP contribution in [-0.2, 0) is 21.2 Å². The van der Waals surface area contributed by atoms with Crippen molar-refractivity contribution in [2.24, 2.45) is 0 Å². The zero-order chi connectivity index (χ0) is 15.0. The Labute approximate surface area is 120 Å². The molecule has 2 aromatic rings. The van der Waals surface area contributed by atoms with Gasteiger partial charge < -0.3 is 5.32 Å². The topological polar surface area (TPSA) is 130 Å². The molecule has 0 radical (unpaired) electrons. The fourth-order valence-corrected chi connectivity index (χ4v) is 3.33. The average molecular weight is 308 g/mol. The van der Waals surface area contributed by atoms with E-state index < -0.39 is 16.1 Å². The molecule has 0 bridgehead atoms. The smallest absolute Gasteiger partial charge is 0.241 e. The highest BCUT2D eigenvalue weighted by molar-refractivity contribution is 7.89. The first-order valence-corrected chi connectivity index (χ1v) is 7.62. The van der Waals surface area contributed by atoms with Gasteiger partial charge in [-0.1, -0.05) is 5.21 Å². The quantitative estimate of drug-likeness (QED) is 0.713. The van der Waals surface area contributed by atoms with Crippen LogP contribution in [0.5, 0.6) is 0 Å². The molecule has 0 aliphatic carbocycles. The highest BCUT2D eigenvalue weighted by Gasteiger charge is 2.24. The Bertz CT molecular complexity index is 786. The molecular weight excluding hydrogens is 296 g/mol. The Hall–Kier alpha value is -2.33. The number of hydrogen-bond donors (Lipinski definition) is 3. The van der Waals surface area contributed by atoms with Crippen molar-refractivity contribution in [3.63, 3.8) is 0 Å². The lowest BCUT2D eigenvalue weighted by Crippen LogP contribution is -2.27. The SMILES string of the molecule is CC(NS(=O)(=O)c1ccc2c(c1)CC(=O)N2)c1nn[nH]n1. The van der Waals surface area contributed by atoms with Crippen molar-refractivity contribution in [3.05, 3.63) is 29.6 Å². The number of carbonyl (C=O) groups is 1. The summed E-state index contributed by atoms with van der Waals surface area (Å²) >= 11 is 0. The van der Waals surface area contributed by atoms with E-state index in [1.54, 1.807) is 13.0 Å².